The minimum absolute atomic E-state index is 0.116. The third kappa shape index (κ3) is 55.0. The van der Waals surface area contributed by atoms with Crippen molar-refractivity contribution in [1.29, 1.82) is 0 Å². The van der Waals surface area contributed by atoms with Crippen LogP contribution in [0.3, 0.4) is 0 Å². The highest BCUT2D eigenvalue weighted by Crippen LogP contribution is 2.13. The number of esters is 3. The molecule has 0 radical (unpaired) electrons. The number of rotatable bonds is 51. The first-order chi connectivity index (χ1) is 34.5. The van der Waals surface area contributed by atoms with E-state index in [2.05, 4.69) is 130 Å². The van der Waals surface area contributed by atoms with Crippen LogP contribution in [0.15, 0.2) is 109 Å². The van der Waals surface area contributed by atoms with E-state index in [1.807, 2.05) is 0 Å². The van der Waals surface area contributed by atoms with E-state index in [1.54, 1.807) is 0 Å². The first kappa shape index (κ1) is 66.1. The van der Waals surface area contributed by atoms with Gasteiger partial charge in [-0.3, -0.25) is 14.4 Å². The van der Waals surface area contributed by atoms with Crippen LogP contribution in [0.5, 0.6) is 0 Å². The summed E-state index contributed by atoms with van der Waals surface area (Å²) in [5.74, 6) is -1.01. The molecule has 0 aromatic carbocycles. The largest absolute Gasteiger partial charge is 0.462 e. The normalized spacial score (nSPS) is 12.9. The number of ether oxygens (including phenoxy) is 3. The molecule has 0 amide bonds. The quantitative estimate of drug-likeness (QED) is 0.0199. The van der Waals surface area contributed by atoms with Crippen molar-refractivity contribution < 1.29 is 28.6 Å². The van der Waals surface area contributed by atoms with Crippen molar-refractivity contribution in [3.63, 3.8) is 0 Å². The lowest BCUT2D eigenvalue weighted by atomic mass is 10.1. The van der Waals surface area contributed by atoms with Gasteiger partial charge in [0.2, 0.25) is 0 Å². The van der Waals surface area contributed by atoms with Crippen LogP contribution >= 0.6 is 0 Å². The topological polar surface area (TPSA) is 78.9 Å². The Bertz CT molecular complexity index is 1440. The molecule has 398 valence electrons. The molecule has 6 nitrogen and oxygen atoms in total. The SMILES string of the molecule is CC/C=C\C/C=C\C/C=C\C/C=C\CCCCCCCCC(=O)OCC(COC(=O)CCCCC/C=C\C=C/CCCCCCCCC)OC(=O)CCC/C=C\C/C=C\C/C=C\CCCCCCCC. The number of hydrogen-bond donors (Lipinski definition) is 0. The molecule has 1 atom stereocenters. The zero-order chi connectivity index (χ0) is 50.7. The standard InChI is InChI=1S/C64H106O6/c1-4-7-10-13-16-19-22-25-28-31-32-34-36-39-42-45-48-51-54-57-63(66)69-60-61(59-68-62(65)56-53-50-47-44-41-38-35-30-27-24-21-18-15-12-9-6-3)70-64(67)58-55-52-49-46-43-40-37-33-29-26-23-20-17-14-11-8-5-2/h7,10,16,19,25-26,28-30,32,34-35,37-38,40-41,46,49,61H,4-6,8-9,11-15,17-18,20-24,27,31,33,36,39,42-45,47-48,50-60H2,1-3H3/b10-7-,19-16-,28-25-,29-26-,34-32-,35-30-,40-37-,41-38-,49-46-. The molecular weight excluding hydrogens is 865 g/mol. The van der Waals surface area contributed by atoms with Gasteiger partial charge in [-0.05, 0) is 116 Å². The molecule has 0 aliphatic carbocycles. The fraction of sp³-hybridized carbons (Fsp3) is 0.672. The average Bonchev–Trinajstić information content (AvgIpc) is 3.36. The van der Waals surface area contributed by atoms with E-state index in [-0.39, 0.29) is 37.5 Å². The molecule has 0 rings (SSSR count). The molecule has 0 spiro atoms. The Hall–Kier alpha value is -3.93. The van der Waals surface area contributed by atoms with E-state index in [0.29, 0.717) is 19.3 Å². The molecule has 1 unspecified atom stereocenters. The zero-order valence-electron chi connectivity index (χ0n) is 45.5. The molecule has 0 fully saturated rings. The van der Waals surface area contributed by atoms with Gasteiger partial charge in [0.05, 0.1) is 0 Å². The van der Waals surface area contributed by atoms with Crippen LogP contribution in [0, 0.1) is 0 Å². The third-order valence-electron chi connectivity index (χ3n) is 12.0. The summed E-state index contributed by atoms with van der Waals surface area (Å²) in [6, 6.07) is 0. The summed E-state index contributed by atoms with van der Waals surface area (Å²) in [6.07, 6.45) is 78.0. The third-order valence-corrected chi connectivity index (χ3v) is 12.0. The zero-order valence-corrected chi connectivity index (χ0v) is 45.5. The van der Waals surface area contributed by atoms with Crippen molar-refractivity contribution in [2.24, 2.45) is 0 Å². The van der Waals surface area contributed by atoms with E-state index < -0.39 is 6.10 Å². The van der Waals surface area contributed by atoms with Gasteiger partial charge < -0.3 is 14.2 Å². The molecule has 0 aliphatic heterocycles. The van der Waals surface area contributed by atoms with E-state index in [0.717, 1.165) is 109 Å². The van der Waals surface area contributed by atoms with Gasteiger partial charge in [-0.25, -0.2) is 0 Å². The average molecular weight is 972 g/mol. The second-order valence-electron chi connectivity index (χ2n) is 18.8. The van der Waals surface area contributed by atoms with Crippen molar-refractivity contribution in [3.05, 3.63) is 109 Å². The second-order valence-corrected chi connectivity index (χ2v) is 18.8. The van der Waals surface area contributed by atoms with Crippen molar-refractivity contribution in [1.82, 2.24) is 0 Å². The lowest BCUT2D eigenvalue weighted by Crippen LogP contribution is -2.30. The molecule has 0 N–H and O–H groups in total. The van der Waals surface area contributed by atoms with Crippen LogP contribution in [0.4, 0.5) is 0 Å². The fourth-order valence-electron chi connectivity index (χ4n) is 7.67. The summed E-state index contributed by atoms with van der Waals surface area (Å²) >= 11 is 0. The van der Waals surface area contributed by atoms with E-state index >= 15 is 0 Å². The Labute approximate surface area is 431 Å². The molecule has 0 bridgehead atoms. The van der Waals surface area contributed by atoms with Crippen LogP contribution in [0.25, 0.3) is 0 Å². The van der Waals surface area contributed by atoms with E-state index in [4.69, 9.17) is 14.2 Å². The van der Waals surface area contributed by atoms with Gasteiger partial charge >= 0.3 is 17.9 Å². The number of carbonyl (C=O) groups excluding carboxylic acids is 3. The van der Waals surface area contributed by atoms with Crippen molar-refractivity contribution in [3.8, 4) is 0 Å². The number of unbranched alkanes of at least 4 members (excludes halogenated alkanes) is 23. The van der Waals surface area contributed by atoms with Crippen molar-refractivity contribution in [2.75, 3.05) is 13.2 Å². The molecule has 70 heavy (non-hydrogen) atoms. The molecule has 0 heterocycles. The summed E-state index contributed by atoms with van der Waals surface area (Å²) in [6.45, 7) is 6.44. The maximum absolute atomic E-state index is 12.8. The molecule has 0 aromatic rings. The first-order valence-corrected chi connectivity index (χ1v) is 28.9. The minimum atomic E-state index is -0.824. The van der Waals surface area contributed by atoms with Crippen LogP contribution in [0.2, 0.25) is 0 Å². The highest BCUT2D eigenvalue weighted by atomic mass is 16.6. The lowest BCUT2D eigenvalue weighted by Gasteiger charge is -2.18. The summed E-state index contributed by atoms with van der Waals surface area (Å²) in [4.78, 5) is 38.1. The maximum atomic E-state index is 12.8. The summed E-state index contributed by atoms with van der Waals surface area (Å²) in [5.41, 5.74) is 0. The molecule has 0 aromatic heterocycles. The summed E-state index contributed by atoms with van der Waals surface area (Å²) in [7, 11) is 0. The van der Waals surface area contributed by atoms with Gasteiger partial charge in [-0.1, -0.05) is 233 Å². The highest BCUT2D eigenvalue weighted by molar-refractivity contribution is 5.71. The Kier molecular flexibility index (Phi) is 54.4. The monoisotopic (exact) mass is 971 g/mol. The van der Waals surface area contributed by atoms with Gasteiger partial charge in [0.15, 0.2) is 6.10 Å². The van der Waals surface area contributed by atoms with Crippen LogP contribution in [-0.2, 0) is 28.6 Å². The van der Waals surface area contributed by atoms with Gasteiger partial charge in [-0.15, -0.1) is 0 Å². The fourth-order valence-corrected chi connectivity index (χ4v) is 7.67. The van der Waals surface area contributed by atoms with Gasteiger partial charge in [0, 0.05) is 19.3 Å². The maximum Gasteiger partial charge on any atom is 0.306 e. The van der Waals surface area contributed by atoms with E-state index in [1.165, 1.54) is 103 Å². The highest BCUT2D eigenvalue weighted by Gasteiger charge is 2.19. The number of allylic oxidation sites excluding steroid dienone is 18. The summed E-state index contributed by atoms with van der Waals surface area (Å²) in [5, 5.41) is 0. The summed E-state index contributed by atoms with van der Waals surface area (Å²) < 4.78 is 16.8. The molecular formula is C64H106O6. The van der Waals surface area contributed by atoms with Gasteiger partial charge in [-0.2, -0.15) is 0 Å². The lowest BCUT2D eigenvalue weighted by molar-refractivity contribution is -0.167. The molecule has 0 saturated carbocycles. The first-order valence-electron chi connectivity index (χ1n) is 28.9. The van der Waals surface area contributed by atoms with Gasteiger partial charge in [0.25, 0.3) is 0 Å². The van der Waals surface area contributed by atoms with Crippen LogP contribution in [0.1, 0.15) is 258 Å². The minimum Gasteiger partial charge on any atom is -0.462 e. The molecule has 0 aliphatic rings. The van der Waals surface area contributed by atoms with Crippen molar-refractivity contribution >= 4 is 17.9 Å². The molecule has 6 heteroatoms. The Morgan fingerprint density at radius 1 is 0.314 bits per heavy atom. The second kappa shape index (κ2) is 57.6. The van der Waals surface area contributed by atoms with Crippen molar-refractivity contribution in [2.45, 2.75) is 264 Å². The van der Waals surface area contributed by atoms with Crippen LogP contribution < -0.4 is 0 Å². The van der Waals surface area contributed by atoms with E-state index in [9.17, 15) is 14.4 Å². The predicted molar refractivity (Wildman–Crippen MR) is 302 cm³/mol. The Balaban J connectivity index is 4.54. The number of hydrogen-bond acceptors (Lipinski definition) is 6. The molecule has 0 saturated heterocycles. The Morgan fingerprint density at radius 3 is 1.01 bits per heavy atom. The Morgan fingerprint density at radius 2 is 0.614 bits per heavy atom. The van der Waals surface area contributed by atoms with Gasteiger partial charge in [0.1, 0.15) is 13.2 Å². The predicted octanol–water partition coefficient (Wildman–Crippen LogP) is 19.5. The number of carbonyl (C=O) groups is 3. The van der Waals surface area contributed by atoms with Crippen LogP contribution in [-0.4, -0.2) is 37.2 Å². The smallest absolute Gasteiger partial charge is 0.306 e.